The van der Waals surface area contributed by atoms with E-state index in [9.17, 15) is 13.2 Å². The van der Waals surface area contributed by atoms with Crippen LogP contribution in [0, 0.1) is 0 Å². The molecule has 0 atom stereocenters. The van der Waals surface area contributed by atoms with Gasteiger partial charge in [-0.2, -0.15) is 13.2 Å². The zero-order valence-electron chi connectivity index (χ0n) is 12.1. The average Bonchev–Trinajstić information content (AvgIpc) is 2.50. The number of rotatable bonds is 7. The third-order valence-electron chi connectivity index (χ3n) is 3.06. The molecule has 0 bridgehead atoms. The smallest absolute Gasteiger partial charge is 0.401 e. The summed E-state index contributed by atoms with van der Waals surface area (Å²) in [5.74, 6) is 0.720. The molecule has 0 amide bonds. The Bertz CT molecular complexity index is 570. The van der Waals surface area contributed by atoms with Gasteiger partial charge < -0.3 is 10.1 Å². The van der Waals surface area contributed by atoms with Crippen molar-refractivity contribution in [2.24, 2.45) is 0 Å². The van der Waals surface area contributed by atoms with Gasteiger partial charge in [-0.25, -0.2) is 0 Å². The van der Waals surface area contributed by atoms with Crippen molar-refractivity contribution in [2.45, 2.75) is 19.2 Å². The van der Waals surface area contributed by atoms with Gasteiger partial charge in [-0.1, -0.05) is 42.5 Å². The highest BCUT2D eigenvalue weighted by atomic mass is 19.4. The van der Waals surface area contributed by atoms with Gasteiger partial charge in [0.25, 0.3) is 0 Å². The molecule has 0 saturated carbocycles. The lowest BCUT2D eigenvalue weighted by molar-refractivity contribution is -0.124. The summed E-state index contributed by atoms with van der Waals surface area (Å²) in [7, 11) is 0. The van der Waals surface area contributed by atoms with Crippen molar-refractivity contribution < 1.29 is 17.9 Å². The van der Waals surface area contributed by atoms with Crippen molar-refractivity contribution in [1.29, 1.82) is 0 Å². The molecule has 0 radical (unpaired) electrons. The lowest BCUT2D eigenvalue weighted by Crippen LogP contribution is -2.30. The Kier molecular flexibility index (Phi) is 5.83. The number of halogens is 3. The summed E-state index contributed by atoms with van der Waals surface area (Å²) in [6.45, 7) is -0.213. The van der Waals surface area contributed by atoms with Crippen LogP contribution in [0.15, 0.2) is 54.6 Å². The molecule has 0 saturated heterocycles. The monoisotopic (exact) mass is 309 g/mol. The van der Waals surface area contributed by atoms with E-state index < -0.39 is 12.7 Å². The molecule has 0 unspecified atom stereocenters. The number of benzene rings is 2. The molecule has 118 valence electrons. The highest BCUT2D eigenvalue weighted by Crippen LogP contribution is 2.16. The molecule has 0 aromatic heterocycles. The predicted octanol–water partition coefficient (Wildman–Crippen LogP) is 3.96. The minimum absolute atomic E-state index is 0.279. The highest BCUT2D eigenvalue weighted by molar-refractivity contribution is 5.29. The average molecular weight is 309 g/mol. The minimum Gasteiger partial charge on any atom is -0.489 e. The number of hydrogen-bond acceptors (Lipinski definition) is 2. The van der Waals surface area contributed by atoms with Crippen LogP contribution in [0.3, 0.4) is 0 Å². The van der Waals surface area contributed by atoms with Crippen molar-refractivity contribution in [2.75, 3.05) is 13.1 Å². The summed E-state index contributed by atoms with van der Waals surface area (Å²) in [5.41, 5.74) is 2.01. The Hall–Kier alpha value is -2.01. The van der Waals surface area contributed by atoms with Gasteiger partial charge in [0.05, 0.1) is 6.54 Å². The van der Waals surface area contributed by atoms with E-state index in [4.69, 9.17) is 4.74 Å². The third-order valence-corrected chi connectivity index (χ3v) is 3.06. The van der Waals surface area contributed by atoms with Gasteiger partial charge in [-0.3, -0.25) is 0 Å². The molecule has 0 fully saturated rings. The maximum Gasteiger partial charge on any atom is 0.401 e. The normalized spacial score (nSPS) is 11.4. The molecule has 0 aliphatic heterocycles. The van der Waals surface area contributed by atoms with Gasteiger partial charge in [-0.05, 0) is 36.2 Å². The molecule has 1 N–H and O–H groups in total. The van der Waals surface area contributed by atoms with E-state index in [1.165, 1.54) is 0 Å². The van der Waals surface area contributed by atoms with Crippen molar-refractivity contribution >= 4 is 0 Å². The Morgan fingerprint density at radius 2 is 1.64 bits per heavy atom. The molecule has 2 aromatic carbocycles. The molecule has 22 heavy (non-hydrogen) atoms. The Balaban J connectivity index is 1.80. The predicted molar refractivity (Wildman–Crippen MR) is 79.8 cm³/mol. The number of hydrogen-bond donors (Lipinski definition) is 1. The molecule has 5 heteroatoms. The Morgan fingerprint density at radius 3 is 2.36 bits per heavy atom. The SMILES string of the molecule is FC(F)(F)CNCCc1cccc(OCc2ccccc2)c1. The standard InChI is InChI=1S/C17H18F3NO/c18-17(19,20)13-21-10-9-14-7-4-8-16(11-14)22-12-15-5-2-1-3-6-15/h1-8,11,21H,9-10,12-13H2. The first-order valence-electron chi connectivity index (χ1n) is 7.06. The fraction of sp³-hybridized carbons (Fsp3) is 0.294. The van der Waals surface area contributed by atoms with E-state index in [1.54, 1.807) is 0 Å². The van der Waals surface area contributed by atoms with E-state index in [1.807, 2.05) is 54.6 Å². The highest BCUT2D eigenvalue weighted by Gasteiger charge is 2.25. The van der Waals surface area contributed by atoms with Crippen LogP contribution in [0.5, 0.6) is 5.75 Å². The van der Waals surface area contributed by atoms with Crippen LogP contribution >= 0.6 is 0 Å². The van der Waals surface area contributed by atoms with Crippen LogP contribution in [0.2, 0.25) is 0 Å². The summed E-state index contributed by atoms with van der Waals surface area (Å²) in [6, 6.07) is 17.2. The van der Waals surface area contributed by atoms with Gasteiger partial charge in [0.1, 0.15) is 12.4 Å². The summed E-state index contributed by atoms with van der Waals surface area (Å²) in [6.07, 6.45) is -3.64. The second-order valence-corrected chi connectivity index (χ2v) is 4.96. The van der Waals surface area contributed by atoms with Crippen molar-refractivity contribution in [1.82, 2.24) is 5.32 Å². The molecule has 0 spiro atoms. The summed E-state index contributed by atoms with van der Waals surface area (Å²) < 4.78 is 41.8. The van der Waals surface area contributed by atoms with Crippen LogP contribution in [0.1, 0.15) is 11.1 Å². The maximum absolute atomic E-state index is 12.0. The zero-order valence-corrected chi connectivity index (χ0v) is 12.1. The van der Waals surface area contributed by atoms with E-state index in [0.717, 1.165) is 16.9 Å². The van der Waals surface area contributed by atoms with Gasteiger partial charge >= 0.3 is 6.18 Å². The van der Waals surface area contributed by atoms with E-state index in [0.29, 0.717) is 13.0 Å². The first-order chi connectivity index (χ1) is 10.5. The summed E-state index contributed by atoms with van der Waals surface area (Å²) in [4.78, 5) is 0. The molecule has 0 heterocycles. The topological polar surface area (TPSA) is 21.3 Å². The van der Waals surface area contributed by atoms with Crippen LogP contribution in [-0.4, -0.2) is 19.3 Å². The molecule has 0 aliphatic carbocycles. The number of alkyl halides is 3. The molecule has 2 rings (SSSR count). The summed E-state index contributed by atoms with van der Waals surface area (Å²) in [5, 5.41) is 2.39. The number of nitrogens with one attached hydrogen (secondary N) is 1. The quantitative estimate of drug-likeness (QED) is 0.782. The lowest BCUT2D eigenvalue weighted by atomic mass is 10.1. The van der Waals surface area contributed by atoms with Gasteiger partial charge in [0.2, 0.25) is 0 Å². The molecular weight excluding hydrogens is 291 g/mol. The van der Waals surface area contributed by atoms with Crippen molar-refractivity contribution in [3.05, 3.63) is 65.7 Å². The Morgan fingerprint density at radius 1 is 0.909 bits per heavy atom. The number of ether oxygens (including phenoxy) is 1. The van der Waals surface area contributed by atoms with Crippen LogP contribution in [-0.2, 0) is 13.0 Å². The van der Waals surface area contributed by atoms with E-state index in [2.05, 4.69) is 5.32 Å². The maximum atomic E-state index is 12.0. The van der Waals surface area contributed by atoms with E-state index >= 15 is 0 Å². The molecule has 2 aromatic rings. The van der Waals surface area contributed by atoms with Crippen LogP contribution in [0.4, 0.5) is 13.2 Å². The summed E-state index contributed by atoms with van der Waals surface area (Å²) >= 11 is 0. The fourth-order valence-corrected chi connectivity index (χ4v) is 1.99. The van der Waals surface area contributed by atoms with Gasteiger partial charge in [0, 0.05) is 0 Å². The first-order valence-corrected chi connectivity index (χ1v) is 7.06. The van der Waals surface area contributed by atoms with Crippen molar-refractivity contribution in [3.63, 3.8) is 0 Å². The largest absolute Gasteiger partial charge is 0.489 e. The van der Waals surface area contributed by atoms with Crippen LogP contribution < -0.4 is 10.1 Å². The fourth-order valence-electron chi connectivity index (χ4n) is 1.99. The Labute approximate surface area is 127 Å². The third kappa shape index (κ3) is 6.18. The minimum atomic E-state index is -4.17. The van der Waals surface area contributed by atoms with E-state index in [-0.39, 0.29) is 6.54 Å². The zero-order chi connectivity index (χ0) is 15.8. The molecular formula is C17H18F3NO. The van der Waals surface area contributed by atoms with Gasteiger partial charge in [-0.15, -0.1) is 0 Å². The van der Waals surface area contributed by atoms with Gasteiger partial charge in [0.15, 0.2) is 0 Å². The lowest BCUT2D eigenvalue weighted by Gasteiger charge is -2.10. The van der Waals surface area contributed by atoms with Crippen molar-refractivity contribution in [3.8, 4) is 5.75 Å². The second kappa shape index (κ2) is 7.84. The van der Waals surface area contributed by atoms with Crippen LogP contribution in [0.25, 0.3) is 0 Å². The molecule has 0 aliphatic rings. The molecule has 2 nitrogen and oxygen atoms in total. The first kappa shape index (κ1) is 16.4. The second-order valence-electron chi connectivity index (χ2n) is 4.96.